The molecule has 0 atom stereocenters. The third kappa shape index (κ3) is 4.64. The van der Waals surface area contributed by atoms with Crippen molar-refractivity contribution in [2.24, 2.45) is 0 Å². The van der Waals surface area contributed by atoms with Crippen LogP contribution in [0.1, 0.15) is 37.4 Å². The Morgan fingerprint density at radius 2 is 2.03 bits per heavy atom. The van der Waals surface area contributed by atoms with Crippen LogP contribution < -0.4 is 4.90 Å². The number of carbonyl (C=O) groups is 1. The number of nitrogens with zero attached hydrogens (tertiary/aromatic N) is 6. The molecule has 2 heterocycles. The van der Waals surface area contributed by atoms with E-state index in [9.17, 15) is 13.6 Å². The van der Waals surface area contributed by atoms with E-state index in [1.807, 2.05) is 0 Å². The molecule has 1 saturated carbocycles. The molecule has 7 nitrogen and oxygen atoms in total. The monoisotopic (exact) mass is 430 g/mol. The molecule has 1 amide bonds. The van der Waals surface area contributed by atoms with Crippen LogP contribution in [0.25, 0.3) is 0 Å². The van der Waals surface area contributed by atoms with Crippen molar-refractivity contribution in [3.05, 3.63) is 59.9 Å². The van der Waals surface area contributed by atoms with Gasteiger partial charge in [-0.25, -0.2) is 13.5 Å². The van der Waals surface area contributed by atoms with Crippen molar-refractivity contribution < 1.29 is 13.6 Å². The highest BCUT2D eigenvalue weighted by Crippen LogP contribution is 2.31. The highest BCUT2D eigenvalue weighted by atomic mass is 32.2. The fourth-order valence-electron chi connectivity index (χ4n) is 3.52. The van der Waals surface area contributed by atoms with Gasteiger partial charge in [0.15, 0.2) is 0 Å². The van der Waals surface area contributed by atoms with E-state index < -0.39 is 11.6 Å². The van der Waals surface area contributed by atoms with Crippen LogP contribution in [0.3, 0.4) is 0 Å². The number of rotatable bonds is 7. The summed E-state index contributed by atoms with van der Waals surface area (Å²) in [5, 5.41) is 12.4. The fourth-order valence-corrected chi connectivity index (χ4v) is 4.34. The first-order valence-corrected chi connectivity index (χ1v) is 10.7. The standard InChI is InChI=1S/C20H20F2N6OS/c21-14-8-9-18(17(22)11-14)27(12-15-5-3-4-10-23-15)19(29)13-30-20-24-25-26-28(20)16-6-1-2-7-16/h3-5,8-11,16H,1-2,6-7,12-13H2. The molecule has 30 heavy (non-hydrogen) atoms. The van der Waals surface area contributed by atoms with Crippen molar-refractivity contribution in [2.45, 2.75) is 43.4 Å². The molecule has 0 aliphatic heterocycles. The molecule has 1 fully saturated rings. The van der Waals surface area contributed by atoms with Crippen LogP contribution >= 0.6 is 11.8 Å². The quantitative estimate of drug-likeness (QED) is 0.531. The maximum absolute atomic E-state index is 14.4. The van der Waals surface area contributed by atoms with Gasteiger partial charge in [-0.15, -0.1) is 5.10 Å². The first kappa shape index (κ1) is 20.4. The summed E-state index contributed by atoms with van der Waals surface area (Å²) >= 11 is 1.21. The Balaban J connectivity index is 1.53. The van der Waals surface area contributed by atoms with Crippen molar-refractivity contribution in [3.63, 3.8) is 0 Å². The van der Waals surface area contributed by atoms with Gasteiger partial charge < -0.3 is 4.90 Å². The predicted molar refractivity (Wildman–Crippen MR) is 108 cm³/mol. The average Bonchev–Trinajstić information content (AvgIpc) is 3.43. The number of tetrazole rings is 1. The Morgan fingerprint density at radius 1 is 1.20 bits per heavy atom. The second-order valence-corrected chi connectivity index (χ2v) is 7.97. The zero-order valence-corrected chi connectivity index (χ0v) is 16.9. The minimum Gasteiger partial charge on any atom is -0.303 e. The Bertz CT molecular complexity index is 1010. The van der Waals surface area contributed by atoms with Gasteiger partial charge in [-0.05, 0) is 47.5 Å². The number of benzene rings is 1. The van der Waals surface area contributed by atoms with Gasteiger partial charge in [0.2, 0.25) is 11.1 Å². The minimum atomic E-state index is -0.805. The Hall–Kier alpha value is -2.88. The highest BCUT2D eigenvalue weighted by Gasteiger charge is 2.24. The molecule has 0 unspecified atom stereocenters. The largest absolute Gasteiger partial charge is 0.303 e. The van der Waals surface area contributed by atoms with E-state index in [1.165, 1.54) is 22.7 Å². The predicted octanol–water partition coefficient (Wildman–Crippen LogP) is 3.79. The van der Waals surface area contributed by atoms with Gasteiger partial charge in [0, 0.05) is 12.3 Å². The number of pyridine rings is 1. The summed E-state index contributed by atoms with van der Waals surface area (Å²) in [4.78, 5) is 18.5. The van der Waals surface area contributed by atoms with Crippen LogP contribution in [-0.4, -0.2) is 36.9 Å². The summed E-state index contributed by atoms with van der Waals surface area (Å²) in [5.41, 5.74) is 0.596. The summed E-state index contributed by atoms with van der Waals surface area (Å²) in [6.07, 6.45) is 5.90. The average molecular weight is 430 g/mol. The summed E-state index contributed by atoms with van der Waals surface area (Å²) < 4.78 is 29.6. The smallest absolute Gasteiger partial charge is 0.237 e. The number of aromatic nitrogens is 5. The molecule has 0 saturated heterocycles. The number of thioether (sulfide) groups is 1. The lowest BCUT2D eigenvalue weighted by Crippen LogP contribution is -2.33. The topological polar surface area (TPSA) is 76.8 Å². The molecule has 1 aliphatic carbocycles. The van der Waals surface area contributed by atoms with E-state index in [4.69, 9.17) is 0 Å². The maximum Gasteiger partial charge on any atom is 0.237 e. The van der Waals surface area contributed by atoms with Gasteiger partial charge in [-0.2, -0.15) is 0 Å². The van der Waals surface area contributed by atoms with Gasteiger partial charge in [0.05, 0.1) is 29.7 Å². The molecule has 0 N–H and O–H groups in total. The molecule has 4 rings (SSSR count). The van der Waals surface area contributed by atoms with E-state index in [2.05, 4.69) is 20.5 Å². The molecule has 0 radical (unpaired) electrons. The lowest BCUT2D eigenvalue weighted by atomic mass is 10.2. The normalized spacial score (nSPS) is 14.2. The van der Waals surface area contributed by atoms with Gasteiger partial charge in [-0.1, -0.05) is 30.7 Å². The lowest BCUT2D eigenvalue weighted by molar-refractivity contribution is -0.116. The number of amides is 1. The van der Waals surface area contributed by atoms with E-state index in [-0.39, 0.29) is 29.9 Å². The fraction of sp³-hybridized carbons (Fsp3) is 0.350. The summed E-state index contributed by atoms with van der Waals surface area (Å²) in [6.45, 7) is 0.0658. The van der Waals surface area contributed by atoms with Crippen molar-refractivity contribution >= 4 is 23.4 Å². The Kier molecular flexibility index (Phi) is 6.32. The van der Waals surface area contributed by atoms with Gasteiger partial charge >= 0.3 is 0 Å². The molecule has 0 spiro atoms. The summed E-state index contributed by atoms with van der Waals surface area (Å²) in [5.74, 6) is -1.85. The van der Waals surface area contributed by atoms with Gasteiger partial charge in [-0.3, -0.25) is 9.78 Å². The van der Waals surface area contributed by atoms with Crippen LogP contribution in [-0.2, 0) is 11.3 Å². The van der Waals surface area contributed by atoms with Crippen LogP contribution in [0.5, 0.6) is 0 Å². The van der Waals surface area contributed by atoms with Gasteiger partial charge in [0.1, 0.15) is 11.6 Å². The third-order valence-corrected chi connectivity index (χ3v) is 5.92. The number of anilines is 1. The second kappa shape index (κ2) is 9.29. The van der Waals surface area contributed by atoms with E-state index in [0.717, 1.165) is 37.8 Å². The van der Waals surface area contributed by atoms with Crippen molar-refractivity contribution in [1.29, 1.82) is 0 Å². The van der Waals surface area contributed by atoms with Crippen molar-refractivity contribution in [1.82, 2.24) is 25.2 Å². The zero-order valence-electron chi connectivity index (χ0n) is 16.1. The Morgan fingerprint density at radius 3 is 2.77 bits per heavy atom. The Labute approximate surface area is 176 Å². The SMILES string of the molecule is O=C(CSc1nnnn1C1CCCC1)N(Cc1ccccn1)c1ccc(F)cc1F. The lowest BCUT2D eigenvalue weighted by Gasteiger charge is -2.23. The number of halogens is 2. The maximum atomic E-state index is 14.4. The molecule has 10 heteroatoms. The zero-order chi connectivity index (χ0) is 20.9. The molecule has 3 aromatic rings. The van der Waals surface area contributed by atoms with Crippen LogP contribution in [0.15, 0.2) is 47.8 Å². The van der Waals surface area contributed by atoms with Crippen molar-refractivity contribution in [2.75, 3.05) is 10.7 Å². The number of hydrogen-bond donors (Lipinski definition) is 0. The van der Waals surface area contributed by atoms with Crippen LogP contribution in [0, 0.1) is 11.6 Å². The van der Waals surface area contributed by atoms with Crippen LogP contribution in [0.2, 0.25) is 0 Å². The summed E-state index contributed by atoms with van der Waals surface area (Å²) in [7, 11) is 0. The van der Waals surface area contributed by atoms with Crippen molar-refractivity contribution in [3.8, 4) is 0 Å². The molecule has 1 aliphatic rings. The van der Waals surface area contributed by atoms with E-state index >= 15 is 0 Å². The van der Waals surface area contributed by atoms with Gasteiger partial charge in [0.25, 0.3) is 0 Å². The highest BCUT2D eigenvalue weighted by molar-refractivity contribution is 7.99. The molecule has 1 aromatic carbocycles. The van der Waals surface area contributed by atoms with E-state index in [1.54, 1.807) is 29.1 Å². The summed E-state index contributed by atoms with van der Waals surface area (Å²) in [6, 6.07) is 8.70. The number of carbonyl (C=O) groups excluding carboxylic acids is 1. The van der Waals surface area contributed by atoms with E-state index in [0.29, 0.717) is 10.9 Å². The first-order chi connectivity index (χ1) is 14.6. The minimum absolute atomic E-state index is 0.00281. The first-order valence-electron chi connectivity index (χ1n) is 9.68. The van der Waals surface area contributed by atoms with Crippen LogP contribution in [0.4, 0.5) is 14.5 Å². The molecule has 0 bridgehead atoms. The molecular weight excluding hydrogens is 410 g/mol. The molecule has 2 aromatic heterocycles. The third-order valence-electron chi connectivity index (χ3n) is 5.01. The second-order valence-electron chi connectivity index (χ2n) is 7.03. The molecule has 156 valence electrons. The number of hydrogen-bond acceptors (Lipinski definition) is 6. The molecular formula is C20H20F2N6OS.